The lowest BCUT2D eigenvalue weighted by atomic mass is 9.97. The average molecular weight is 503 g/mol. The Balaban J connectivity index is 1.29. The van der Waals surface area contributed by atoms with Crippen molar-refractivity contribution >= 4 is 29.1 Å². The zero-order valence-electron chi connectivity index (χ0n) is 19.3. The molecule has 1 saturated heterocycles. The van der Waals surface area contributed by atoms with Crippen LogP contribution in [0.3, 0.4) is 0 Å². The predicted octanol–water partition coefficient (Wildman–Crippen LogP) is 5.36. The smallest absolute Gasteiger partial charge is 0.241 e. The molecule has 1 amide bonds. The largest absolute Gasteiger partial charge is 0.491 e. The molecular formula is C25H28Cl2N4O3. The highest BCUT2D eigenvalue weighted by molar-refractivity contribution is 6.36. The molecule has 0 saturated carbocycles. The van der Waals surface area contributed by atoms with Crippen molar-refractivity contribution in [3.63, 3.8) is 0 Å². The predicted molar refractivity (Wildman–Crippen MR) is 132 cm³/mol. The Labute approximate surface area is 209 Å². The Bertz CT molecular complexity index is 1120. The summed E-state index contributed by atoms with van der Waals surface area (Å²) in [4.78, 5) is 19.4. The van der Waals surface area contributed by atoms with Gasteiger partial charge >= 0.3 is 0 Å². The first-order valence-electron chi connectivity index (χ1n) is 11.4. The summed E-state index contributed by atoms with van der Waals surface area (Å²) in [7, 11) is 0. The van der Waals surface area contributed by atoms with Crippen LogP contribution in [0.4, 0.5) is 0 Å². The lowest BCUT2D eigenvalue weighted by molar-refractivity contribution is -0.127. The Morgan fingerprint density at radius 3 is 2.76 bits per heavy atom. The van der Waals surface area contributed by atoms with Gasteiger partial charge in [-0.3, -0.25) is 9.69 Å². The van der Waals surface area contributed by atoms with E-state index >= 15 is 0 Å². The molecule has 0 aliphatic carbocycles. The van der Waals surface area contributed by atoms with E-state index < -0.39 is 0 Å². The molecule has 1 N–H and O–H groups in total. The number of hydrogen-bond acceptors (Lipinski definition) is 6. The van der Waals surface area contributed by atoms with Crippen molar-refractivity contribution in [1.29, 1.82) is 0 Å². The zero-order chi connectivity index (χ0) is 24.1. The number of carbonyl (C=O) groups excluding carboxylic acids is 1. The molecule has 0 radical (unpaired) electrons. The summed E-state index contributed by atoms with van der Waals surface area (Å²) >= 11 is 12.2. The number of ether oxygens (including phenoxy) is 1. The van der Waals surface area contributed by atoms with Gasteiger partial charge in [-0.25, -0.2) is 0 Å². The Morgan fingerprint density at radius 2 is 2.03 bits per heavy atom. The molecule has 1 aliphatic rings. The molecule has 7 nitrogen and oxygen atoms in total. The maximum Gasteiger partial charge on any atom is 0.241 e. The van der Waals surface area contributed by atoms with Crippen LogP contribution in [0.15, 0.2) is 47.0 Å². The van der Waals surface area contributed by atoms with Crippen molar-refractivity contribution in [2.75, 3.05) is 13.1 Å². The van der Waals surface area contributed by atoms with Crippen LogP contribution >= 0.6 is 23.2 Å². The molecule has 1 aromatic heterocycles. The van der Waals surface area contributed by atoms with Gasteiger partial charge in [0.2, 0.25) is 17.6 Å². The molecule has 1 aliphatic heterocycles. The number of rotatable bonds is 8. The summed E-state index contributed by atoms with van der Waals surface area (Å²) in [5.41, 5.74) is 1.71. The Kier molecular flexibility index (Phi) is 8.08. The van der Waals surface area contributed by atoms with Gasteiger partial charge in [-0.05, 0) is 69.1 Å². The lowest BCUT2D eigenvalue weighted by Crippen LogP contribution is -2.42. The van der Waals surface area contributed by atoms with E-state index in [1.807, 2.05) is 38.1 Å². The molecule has 0 spiro atoms. The van der Waals surface area contributed by atoms with Crippen molar-refractivity contribution < 1.29 is 14.1 Å². The monoisotopic (exact) mass is 502 g/mol. The van der Waals surface area contributed by atoms with E-state index in [4.69, 9.17) is 32.5 Å². The SMILES string of the molecule is CC(C)Oc1ccc(CNC(=O)C2CCCN(Cc3nc(-c4ccc(Cl)cc4Cl)no3)C2)cc1. The maximum atomic E-state index is 12.8. The summed E-state index contributed by atoms with van der Waals surface area (Å²) in [6.07, 6.45) is 1.93. The van der Waals surface area contributed by atoms with Crippen LogP contribution in [0.2, 0.25) is 10.0 Å². The van der Waals surface area contributed by atoms with Crippen molar-refractivity contribution in [1.82, 2.24) is 20.4 Å². The maximum absolute atomic E-state index is 12.8. The number of halogens is 2. The van der Waals surface area contributed by atoms with Gasteiger partial charge in [0, 0.05) is 23.7 Å². The fourth-order valence-corrected chi connectivity index (χ4v) is 4.49. The van der Waals surface area contributed by atoms with E-state index in [1.54, 1.807) is 18.2 Å². The van der Waals surface area contributed by atoms with Gasteiger partial charge in [0.15, 0.2) is 0 Å². The summed E-state index contributed by atoms with van der Waals surface area (Å²) < 4.78 is 11.1. The van der Waals surface area contributed by atoms with Crippen LogP contribution in [-0.4, -0.2) is 40.1 Å². The molecule has 2 aromatic carbocycles. The third-order valence-electron chi connectivity index (χ3n) is 5.64. The molecule has 0 bridgehead atoms. The van der Waals surface area contributed by atoms with E-state index in [9.17, 15) is 4.79 Å². The quantitative estimate of drug-likeness (QED) is 0.446. The number of amides is 1. The van der Waals surface area contributed by atoms with Crippen LogP contribution in [0.25, 0.3) is 11.4 Å². The standard InChI is InChI=1S/C25H28Cl2N4O3/c1-16(2)33-20-8-5-17(6-9-20)13-28-25(32)18-4-3-11-31(14-18)15-23-29-24(30-34-23)21-10-7-19(26)12-22(21)27/h5-10,12,16,18H,3-4,11,13-15H2,1-2H3,(H,28,32). The third-order valence-corrected chi connectivity index (χ3v) is 6.18. The molecule has 34 heavy (non-hydrogen) atoms. The van der Waals surface area contributed by atoms with E-state index in [-0.39, 0.29) is 17.9 Å². The molecule has 1 fully saturated rings. The number of aromatic nitrogens is 2. The molecule has 4 rings (SSSR count). The third kappa shape index (κ3) is 6.50. The minimum absolute atomic E-state index is 0.0615. The second kappa shape index (κ2) is 11.2. The summed E-state index contributed by atoms with van der Waals surface area (Å²) in [5.74, 6) is 1.73. The first kappa shape index (κ1) is 24.5. The normalized spacial score (nSPS) is 16.6. The molecule has 3 aromatic rings. The fraction of sp³-hybridized carbons (Fsp3) is 0.400. The first-order chi connectivity index (χ1) is 16.4. The number of nitrogens with zero attached hydrogens (tertiary/aromatic N) is 3. The minimum atomic E-state index is -0.0783. The highest BCUT2D eigenvalue weighted by Gasteiger charge is 2.27. The molecule has 1 unspecified atom stereocenters. The first-order valence-corrected chi connectivity index (χ1v) is 12.2. The van der Waals surface area contributed by atoms with E-state index in [2.05, 4.69) is 20.4 Å². The van der Waals surface area contributed by atoms with Gasteiger partial charge in [-0.2, -0.15) is 4.98 Å². The molecule has 180 valence electrons. The summed E-state index contributed by atoms with van der Waals surface area (Å²) in [6, 6.07) is 13.0. The molecule has 9 heteroatoms. The highest BCUT2D eigenvalue weighted by atomic mass is 35.5. The Hall–Kier alpha value is -2.61. The van der Waals surface area contributed by atoms with Crippen molar-refractivity contribution in [2.45, 2.75) is 45.9 Å². The minimum Gasteiger partial charge on any atom is -0.491 e. The van der Waals surface area contributed by atoms with Gasteiger partial charge in [-0.15, -0.1) is 0 Å². The fourth-order valence-electron chi connectivity index (χ4n) is 4.00. The average Bonchev–Trinajstić information content (AvgIpc) is 3.26. The van der Waals surface area contributed by atoms with Crippen molar-refractivity contribution in [2.24, 2.45) is 5.92 Å². The zero-order valence-corrected chi connectivity index (χ0v) is 20.8. The van der Waals surface area contributed by atoms with E-state index in [0.717, 1.165) is 30.7 Å². The second-order valence-electron chi connectivity index (χ2n) is 8.74. The van der Waals surface area contributed by atoms with Gasteiger partial charge in [-0.1, -0.05) is 40.5 Å². The van der Waals surface area contributed by atoms with E-state index in [0.29, 0.717) is 47.0 Å². The van der Waals surface area contributed by atoms with Gasteiger partial charge in [0.05, 0.1) is 23.6 Å². The van der Waals surface area contributed by atoms with Crippen LogP contribution in [0.1, 0.15) is 38.1 Å². The number of carbonyl (C=O) groups is 1. The van der Waals surface area contributed by atoms with E-state index in [1.165, 1.54) is 0 Å². The van der Waals surface area contributed by atoms with Crippen LogP contribution in [0, 0.1) is 5.92 Å². The number of nitrogens with one attached hydrogen (secondary N) is 1. The van der Waals surface area contributed by atoms with Crippen molar-refractivity contribution in [3.8, 4) is 17.1 Å². The lowest BCUT2D eigenvalue weighted by Gasteiger charge is -2.30. The van der Waals surface area contributed by atoms with Crippen LogP contribution in [-0.2, 0) is 17.9 Å². The highest BCUT2D eigenvalue weighted by Crippen LogP contribution is 2.29. The topological polar surface area (TPSA) is 80.5 Å². The molecule has 2 heterocycles. The number of likely N-dealkylation sites (tertiary alicyclic amines) is 1. The van der Waals surface area contributed by atoms with Gasteiger partial charge in [0.25, 0.3) is 0 Å². The van der Waals surface area contributed by atoms with Gasteiger partial charge < -0.3 is 14.6 Å². The van der Waals surface area contributed by atoms with Crippen molar-refractivity contribution in [3.05, 3.63) is 64.0 Å². The molecule has 1 atom stereocenters. The second-order valence-corrected chi connectivity index (χ2v) is 9.58. The number of benzene rings is 2. The Morgan fingerprint density at radius 1 is 1.24 bits per heavy atom. The number of hydrogen-bond donors (Lipinski definition) is 1. The summed E-state index contributed by atoms with van der Waals surface area (Å²) in [6.45, 7) is 6.49. The molecular weight excluding hydrogens is 475 g/mol. The van der Waals surface area contributed by atoms with Crippen LogP contribution in [0.5, 0.6) is 5.75 Å². The summed E-state index contributed by atoms with van der Waals surface area (Å²) in [5, 5.41) is 8.14. The van der Waals surface area contributed by atoms with Crippen LogP contribution < -0.4 is 10.1 Å². The number of piperidine rings is 1. The van der Waals surface area contributed by atoms with Gasteiger partial charge in [0.1, 0.15) is 5.75 Å².